The van der Waals surface area contributed by atoms with Gasteiger partial charge in [0.05, 0.1) is 11.6 Å². The van der Waals surface area contributed by atoms with E-state index in [1.54, 1.807) is 42.2 Å². The van der Waals surface area contributed by atoms with Gasteiger partial charge in [-0.25, -0.2) is 0 Å². The molecule has 7 heteroatoms. The molecule has 2 aromatic rings. The largest absolute Gasteiger partial charge is 0.484 e. The Bertz CT molecular complexity index is 641. The van der Waals surface area contributed by atoms with Crippen molar-refractivity contribution in [1.82, 2.24) is 14.7 Å². The van der Waals surface area contributed by atoms with Crippen molar-refractivity contribution in [2.45, 2.75) is 20.0 Å². The molecule has 1 heterocycles. The van der Waals surface area contributed by atoms with E-state index in [0.29, 0.717) is 28.0 Å². The molecule has 1 aromatic carbocycles. The molecule has 0 N–H and O–H groups in total. The molecule has 0 aliphatic rings. The Morgan fingerprint density at radius 3 is 2.59 bits per heavy atom. The summed E-state index contributed by atoms with van der Waals surface area (Å²) in [4.78, 5) is 13.6. The van der Waals surface area contributed by atoms with Crippen molar-refractivity contribution in [3.8, 4) is 5.75 Å². The third kappa shape index (κ3) is 4.39. The lowest BCUT2D eigenvalue weighted by atomic mass is 10.3. The molecule has 0 fully saturated rings. The fourth-order valence-electron chi connectivity index (χ4n) is 1.81. The molecule has 0 bridgehead atoms. The summed E-state index contributed by atoms with van der Waals surface area (Å²) in [6.07, 6.45) is 1.75. The zero-order chi connectivity index (χ0) is 16.1. The topological polar surface area (TPSA) is 47.4 Å². The van der Waals surface area contributed by atoms with Crippen molar-refractivity contribution in [2.75, 3.05) is 13.7 Å². The number of benzene rings is 1. The Morgan fingerprint density at radius 1 is 1.32 bits per heavy atom. The molecule has 1 aromatic heterocycles. The Morgan fingerprint density at radius 2 is 2.00 bits per heavy atom. The van der Waals surface area contributed by atoms with Crippen LogP contribution in [-0.2, 0) is 17.9 Å². The number of carbonyl (C=O) groups is 1. The summed E-state index contributed by atoms with van der Waals surface area (Å²) in [7, 11) is 1.69. The van der Waals surface area contributed by atoms with Gasteiger partial charge in [0.1, 0.15) is 11.4 Å². The van der Waals surface area contributed by atoms with Gasteiger partial charge in [0.25, 0.3) is 5.91 Å². The third-order valence-corrected chi connectivity index (χ3v) is 3.67. The van der Waals surface area contributed by atoms with Crippen LogP contribution in [0.5, 0.6) is 5.75 Å². The highest BCUT2D eigenvalue weighted by atomic mass is 35.5. The van der Waals surface area contributed by atoms with Gasteiger partial charge < -0.3 is 9.64 Å². The van der Waals surface area contributed by atoms with Gasteiger partial charge in [-0.3, -0.25) is 9.48 Å². The molecule has 2 rings (SSSR count). The molecule has 0 unspecified atom stereocenters. The molecule has 5 nitrogen and oxygen atoms in total. The highest BCUT2D eigenvalue weighted by Gasteiger charge is 2.14. The number of rotatable bonds is 6. The number of carbonyl (C=O) groups excluding carboxylic acids is 1. The molecule has 0 spiro atoms. The lowest BCUT2D eigenvalue weighted by molar-refractivity contribution is -0.132. The molecule has 0 radical (unpaired) electrons. The summed E-state index contributed by atoms with van der Waals surface area (Å²) in [6, 6.07) is 6.86. The van der Waals surface area contributed by atoms with Crippen LogP contribution in [0.1, 0.15) is 12.6 Å². The Kier molecular flexibility index (Phi) is 5.69. The molecular weight excluding hydrogens is 325 g/mol. The predicted octanol–water partition coefficient (Wildman–Crippen LogP) is 3.25. The second-order valence-corrected chi connectivity index (χ2v) is 5.62. The van der Waals surface area contributed by atoms with Crippen LogP contribution >= 0.6 is 23.2 Å². The first-order chi connectivity index (χ1) is 10.5. The first-order valence-corrected chi connectivity index (χ1v) is 7.59. The van der Waals surface area contributed by atoms with Gasteiger partial charge in [-0.05, 0) is 31.2 Å². The van der Waals surface area contributed by atoms with Crippen LogP contribution < -0.4 is 4.74 Å². The monoisotopic (exact) mass is 341 g/mol. The van der Waals surface area contributed by atoms with E-state index in [9.17, 15) is 4.79 Å². The molecular formula is C15H17Cl2N3O2. The van der Waals surface area contributed by atoms with Crippen LogP contribution in [-0.4, -0.2) is 34.2 Å². The lowest BCUT2D eigenvalue weighted by Crippen LogP contribution is -2.31. The molecule has 22 heavy (non-hydrogen) atoms. The maximum atomic E-state index is 12.1. The number of ether oxygens (including phenoxy) is 1. The molecule has 0 aliphatic heterocycles. The number of hydrogen-bond donors (Lipinski definition) is 0. The molecule has 1 amide bonds. The second-order valence-electron chi connectivity index (χ2n) is 4.77. The van der Waals surface area contributed by atoms with Crippen LogP contribution in [0.3, 0.4) is 0 Å². The molecule has 118 valence electrons. The normalized spacial score (nSPS) is 10.5. The number of aryl methyl sites for hydroxylation is 1. The average molecular weight is 342 g/mol. The van der Waals surface area contributed by atoms with Crippen molar-refractivity contribution in [1.29, 1.82) is 0 Å². The number of nitrogens with zero attached hydrogens (tertiary/aromatic N) is 3. The van der Waals surface area contributed by atoms with Gasteiger partial charge in [0.15, 0.2) is 6.61 Å². The fraction of sp³-hybridized carbons (Fsp3) is 0.333. The second kappa shape index (κ2) is 7.51. The number of amides is 1. The van der Waals surface area contributed by atoms with Crippen molar-refractivity contribution in [3.05, 3.63) is 46.2 Å². The quantitative estimate of drug-likeness (QED) is 0.810. The summed E-state index contributed by atoms with van der Waals surface area (Å²) in [5, 5.41) is 5.49. The van der Waals surface area contributed by atoms with E-state index < -0.39 is 0 Å². The first kappa shape index (κ1) is 16.6. The predicted molar refractivity (Wildman–Crippen MR) is 86.3 cm³/mol. The lowest BCUT2D eigenvalue weighted by Gasteiger charge is -2.16. The highest BCUT2D eigenvalue weighted by Crippen LogP contribution is 2.17. The minimum Gasteiger partial charge on any atom is -0.484 e. The van der Waals surface area contributed by atoms with E-state index in [0.717, 1.165) is 6.54 Å². The van der Waals surface area contributed by atoms with E-state index in [-0.39, 0.29) is 12.5 Å². The van der Waals surface area contributed by atoms with E-state index in [1.807, 2.05) is 6.92 Å². The molecule has 0 atom stereocenters. The van der Waals surface area contributed by atoms with Gasteiger partial charge in [-0.2, -0.15) is 5.10 Å². The highest BCUT2D eigenvalue weighted by molar-refractivity contribution is 6.31. The van der Waals surface area contributed by atoms with Crippen molar-refractivity contribution in [2.24, 2.45) is 0 Å². The Hall–Kier alpha value is -1.72. The third-order valence-electron chi connectivity index (χ3n) is 3.10. The maximum Gasteiger partial charge on any atom is 0.260 e. The summed E-state index contributed by atoms with van der Waals surface area (Å²) >= 11 is 11.9. The fourth-order valence-corrected chi connectivity index (χ4v) is 2.14. The number of aromatic nitrogens is 2. The number of halogens is 2. The first-order valence-electron chi connectivity index (χ1n) is 6.83. The van der Waals surface area contributed by atoms with Crippen LogP contribution in [0, 0.1) is 0 Å². The smallest absolute Gasteiger partial charge is 0.260 e. The average Bonchev–Trinajstić information content (AvgIpc) is 2.86. The summed E-state index contributed by atoms with van der Waals surface area (Å²) < 4.78 is 7.17. The van der Waals surface area contributed by atoms with Gasteiger partial charge in [-0.15, -0.1) is 0 Å². The van der Waals surface area contributed by atoms with E-state index >= 15 is 0 Å². The van der Waals surface area contributed by atoms with Gasteiger partial charge in [0.2, 0.25) is 0 Å². The summed E-state index contributed by atoms with van der Waals surface area (Å²) in [5.74, 6) is 0.441. The zero-order valence-electron chi connectivity index (χ0n) is 12.4. The van der Waals surface area contributed by atoms with Gasteiger partial charge in [0, 0.05) is 24.8 Å². The van der Waals surface area contributed by atoms with E-state index in [4.69, 9.17) is 27.9 Å². The van der Waals surface area contributed by atoms with Crippen molar-refractivity contribution in [3.63, 3.8) is 0 Å². The maximum absolute atomic E-state index is 12.1. The van der Waals surface area contributed by atoms with Crippen LogP contribution in [0.4, 0.5) is 0 Å². The molecule has 0 aliphatic carbocycles. The van der Waals surface area contributed by atoms with E-state index in [1.165, 1.54) is 4.90 Å². The van der Waals surface area contributed by atoms with Crippen LogP contribution in [0.25, 0.3) is 0 Å². The minimum absolute atomic E-state index is 0.0514. The summed E-state index contributed by atoms with van der Waals surface area (Å²) in [5.41, 5.74) is 0.672. The van der Waals surface area contributed by atoms with E-state index in [2.05, 4.69) is 5.10 Å². The number of hydrogen-bond acceptors (Lipinski definition) is 3. The molecule has 0 saturated carbocycles. The van der Waals surface area contributed by atoms with Gasteiger partial charge >= 0.3 is 0 Å². The van der Waals surface area contributed by atoms with Crippen molar-refractivity contribution >= 4 is 29.1 Å². The SMILES string of the molecule is CCn1cc(Cl)c(CN(C)C(=O)COc2ccc(Cl)cc2)n1. The minimum atomic E-state index is -0.155. The molecule has 0 saturated heterocycles. The number of likely N-dealkylation sites (N-methyl/N-ethyl adjacent to an activating group) is 1. The standard InChI is InChI=1S/C15H17Cl2N3O2/c1-3-20-8-13(17)14(18-20)9-19(2)15(21)10-22-12-6-4-11(16)5-7-12/h4-8H,3,9-10H2,1-2H3. The van der Waals surface area contributed by atoms with Gasteiger partial charge in [-0.1, -0.05) is 23.2 Å². The Labute approximate surface area is 139 Å². The Balaban J connectivity index is 1.88. The van der Waals surface area contributed by atoms with Crippen LogP contribution in [0.2, 0.25) is 10.0 Å². The van der Waals surface area contributed by atoms with Crippen molar-refractivity contribution < 1.29 is 9.53 Å². The zero-order valence-corrected chi connectivity index (χ0v) is 13.9. The summed E-state index contributed by atoms with van der Waals surface area (Å²) in [6.45, 7) is 3.00. The van der Waals surface area contributed by atoms with Crippen LogP contribution in [0.15, 0.2) is 30.5 Å².